The molecule has 0 aliphatic carbocycles. The zero-order valence-corrected chi connectivity index (χ0v) is 10.7. The number of carbonyl (C=O) groups excluding carboxylic acids is 1. The van der Waals surface area contributed by atoms with Gasteiger partial charge in [-0.15, -0.1) is 11.3 Å². The number of Topliss-reactive ketones (excluding diaryl/α,β-unsaturated/α-hetero) is 1. The molecule has 0 aromatic carbocycles. The molecule has 0 radical (unpaired) electrons. The number of aromatic nitrogens is 2. The first kappa shape index (κ1) is 11.6. The third-order valence-electron chi connectivity index (χ3n) is 2.18. The Kier molecular flexibility index (Phi) is 3.33. The number of hydrogen-bond donors (Lipinski definition) is 0. The minimum absolute atomic E-state index is 0.0834. The van der Waals surface area contributed by atoms with Crippen LogP contribution in [-0.4, -0.2) is 15.6 Å². The number of carbonyl (C=O) groups is 1. The molecule has 0 amide bonds. The number of ketones is 1. The van der Waals surface area contributed by atoms with Crippen molar-refractivity contribution in [1.29, 1.82) is 0 Å². The molecule has 0 saturated heterocycles. The second-order valence-corrected chi connectivity index (χ2v) is 5.58. The van der Waals surface area contributed by atoms with Crippen LogP contribution in [0.1, 0.15) is 16.1 Å². The Labute approximate surface area is 107 Å². The van der Waals surface area contributed by atoms with E-state index in [1.807, 2.05) is 13.0 Å². The molecule has 0 bridgehead atoms. The molecule has 2 aromatic rings. The molecule has 0 unspecified atom stereocenters. The topological polar surface area (TPSA) is 34.9 Å². The van der Waals surface area contributed by atoms with E-state index < -0.39 is 0 Å². The number of rotatable bonds is 3. The predicted molar refractivity (Wildman–Crippen MR) is 65.6 cm³/mol. The average molecular weight is 275 g/mol. The van der Waals surface area contributed by atoms with Crippen LogP contribution in [0, 0.1) is 6.92 Å². The van der Waals surface area contributed by atoms with E-state index in [0.717, 1.165) is 5.69 Å². The summed E-state index contributed by atoms with van der Waals surface area (Å²) in [5, 5.41) is 4.04. The summed E-state index contributed by atoms with van der Waals surface area (Å²) in [5.41, 5.74) is 1.40. The molecule has 2 heterocycles. The number of hydrogen-bond acceptors (Lipinski definition) is 3. The summed E-state index contributed by atoms with van der Waals surface area (Å²) in [5.74, 6) is -0.0834. The van der Waals surface area contributed by atoms with Gasteiger partial charge in [-0.1, -0.05) is 23.2 Å². The van der Waals surface area contributed by atoms with Crippen LogP contribution in [-0.2, 0) is 6.54 Å². The van der Waals surface area contributed by atoms with Crippen LogP contribution in [0.5, 0.6) is 0 Å². The lowest BCUT2D eigenvalue weighted by Gasteiger charge is -2.02. The zero-order valence-electron chi connectivity index (χ0n) is 8.41. The van der Waals surface area contributed by atoms with Gasteiger partial charge in [0.05, 0.1) is 9.90 Å². The molecule has 3 nitrogen and oxygen atoms in total. The number of halogens is 2. The van der Waals surface area contributed by atoms with Gasteiger partial charge in [-0.25, -0.2) is 0 Å². The molecule has 0 fully saturated rings. The molecule has 2 aromatic heterocycles. The molecule has 6 heteroatoms. The van der Waals surface area contributed by atoms with E-state index in [4.69, 9.17) is 23.2 Å². The molecule has 2 rings (SSSR count). The standard InChI is InChI=1S/C10H8Cl2N2OS/c1-6-2-3-13-14(6)5-8(15)7-4-9(11)16-10(7)12/h2-4H,5H2,1H3. The lowest BCUT2D eigenvalue weighted by molar-refractivity contribution is 0.0967. The Morgan fingerprint density at radius 3 is 2.81 bits per heavy atom. The molecule has 16 heavy (non-hydrogen) atoms. The van der Waals surface area contributed by atoms with Crippen LogP contribution >= 0.6 is 34.5 Å². The Morgan fingerprint density at radius 2 is 2.31 bits per heavy atom. The largest absolute Gasteiger partial charge is 0.292 e. The summed E-state index contributed by atoms with van der Waals surface area (Å²) in [6.45, 7) is 2.08. The van der Waals surface area contributed by atoms with Crippen molar-refractivity contribution in [2.24, 2.45) is 0 Å². The van der Waals surface area contributed by atoms with E-state index >= 15 is 0 Å². The number of nitrogens with zero attached hydrogens (tertiary/aromatic N) is 2. The van der Waals surface area contributed by atoms with Crippen molar-refractivity contribution in [3.63, 3.8) is 0 Å². The van der Waals surface area contributed by atoms with Gasteiger partial charge in [0.2, 0.25) is 0 Å². The molecule has 0 N–H and O–H groups in total. The van der Waals surface area contributed by atoms with Gasteiger partial charge >= 0.3 is 0 Å². The Hall–Kier alpha value is -0.840. The van der Waals surface area contributed by atoms with Crippen molar-refractivity contribution in [2.45, 2.75) is 13.5 Å². The fraction of sp³-hybridized carbons (Fsp3) is 0.200. The Bertz CT molecular complexity index is 533. The quantitative estimate of drug-likeness (QED) is 0.804. The van der Waals surface area contributed by atoms with Crippen molar-refractivity contribution in [2.75, 3.05) is 0 Å². The van der Waals surface area contributed by atoms with Crippen LogP contribution in [0.15, 0.2) is 18.3 Å². The van der Waals surface area contributed by atoms with Gasteiger partial charge in [0, 0.05) is 11.9 Å². The first-order valence-corrected chi connectivity index (χ1v) is 6.11. The van der Waals surface area contributed by atoms with Gasteiger partial charge in [0.1, 0.15) is 10.9 Å². The normalized spacial score (nSPS) is 10.7. The second kappa shape index (κ2) is 4.57. The van der Waals surface area contributed by atoms with Gasteiger partial charge < -0.3 is 0 Å². The third kappa shape index (κ3) is 2.29. The molecule has 84 valence electrons. The maximum absolute atomic E-state index is 11.9. The number of aryl methyl sites for hydroxylation is 1. The lowest BCUT2D eigenvalue weighted by atomic mass is 10.2. The monoisotopic (exact) mass is 274 g/mol. The van der Waals surface area contributed by atoms with Gasteiger partial charge in [0.25, 0.3) is 0 Å². The molecule has 0 atom stereocenters. The highest BCUT2D eigenvalue weighted by Gasteiger charge is 2.15. The second-order valence-electron chi connectivity index (χ2n) is 3.29. The fourth-order valence-electron chi connectivity index (χ4n) is 1.32. The highest BCUT2D eigenvalue weighted by Crippen LogP contribution is 2.31. The van der Waals surface area contributed by atoms with Gasteiger partial charge in [-0.3, -0.25) is 9.48 Å². The molecule has 0 aliphatic heterocycles. The molecule has 0 aliphatic rings. The fourth-order valence-corrected chi connectivity index (χ4v) is 2.81. The van der Waals surface area contributed by atoms with E-state index in [1.165, 1.54) is 11.3 Å². The molecule has 0 saturated carbocycles. The van der Waals surface area contributed by atoms with Crippen LogP contribution in [0.3, 0.4) is 0 Å². The highest BCUT2D eigenvalue weighted by atomic mass is 35.5. The Balaban J connectivity index is 2.21. The lowest BCUT2D eigenvalue weighted by Crippen LogP contribution is -2.12. The summed E-state index contributed by atoms with van der Waals surface area (Å²) in [4.78, 5) is 11.9. The van der Waals surface area contributed by atoms with Crippen molar-refractivity contribution < 1.29 is 4.79 Å². The first-order chi connectivity index (χ1) is 7.58. The van der Waals surface area contributed by atoms with Crippen LogP contribution in [0.25, 0.3) is 0 Å². The molecular formula is C10H8Cl2N2OS. The summed E-state index contributed by atoms with van der Waals surface area (Å²) in [7, 11) is 0. The maximum atomic E-state index is 11.9. The number of thiophene rings is 1. The Morgan fingerprint density at radius 1 is 1.56 bits per heavy atom. The minimum Gasteiger partial charge on any atom is -0.292 e. The highest BCUT2D eigenvalue weighted by molar-refractivity contribution is 7.20. The van der Waals surface area contributed by atoms with Crippen molar-refractivity contribution in [3.8, 4) is 0 Å². The SMILES string of the molecule is Cc1ccnn1CC(=O)c1cc(Cl)sc1Cl. The van der Waals surface area contributed by atoms with Crippen molar-refractivity contribution in [3.05, 3.63) is 38.3 Å². The molecular weight excluding hydrogens is 267 g/mol. The van der Waals surface area contributed by atoms with E-state index in [1.54, 1.807) is 16.9 Å². The summed E-state index contributed by atoms with van der Waals surface area (Å²) in [6, 6.07) is 3.44. The first-order valence-electron chi connectivity index (χ1n) is 4.54. The average Bonchev–Trinajstić information content (AvgIpc) is 2.74. The summed E-state index contributed by atoms with van der Waals surface area (Å²) < 4.78 is 2.58. The maximum Gasteiger partial charge on any atom is 0.186 e. The van der Waals surface area contributed by atoms with Gasteiger partial charge in [0.15, 0.2) is 5.78 Å². The van der Waals surface area contributed by atoms with E-state index in [0.29, 0.717) is 14.2 Å². The predicted octanol–water partition coefficient (Wildman–Crippen LogP) is 3.44. The molecule has 0 spiro atoms. The van der Waals surface area contributed by atoms with Crippen LogP contribution < -0.4 is 0 Å². The summed E-state index contributed by atoms with van der Waals surface area (Å²) >= 11 is 12.9. The van der Waals surface area contributed by atoms with Gasteiger partial charge in [-0.05, 0) is 19.1 Å². The van der Waals surface area contributed by atoms with Gasteiger partial charge in [-0.2, -0.15) is 5.10 Å². The van der Waals surface area contributed by atoms with Crippen LogP contribution in [0.4, 0.5) is 0 Å². The third-order valence-corrected chi connectivity index (χ3v) is 3.67. The van der Waals surface area contributed by atoms with Crippen molar-refractivity contribution in [1.82, 2.24) is 9.78 Å². The van der Waals surface area contributed by atoms with Crippen molar-refractivity contribution >= 4 is 40.3 Å². The zero-order chi connectivity index (χ0) is 11.7. The van der Waals surface area contributed by atoms with E-state index in [9.17, 15) is 4.79 Å². The van der Waals surface area contributed by atoms with E-state index in [-0.39, 0.29) is 12.3 Å². The summed E-state index contributed by atoms with van der Waals surface area (Å²) in [6.07, 6.45) is 1.66. The van der Waals surface area contributed by atoms with E-state index in [2.05, 4.69) is 5.10 Å². The van der Waals surface area contributed by atoms with Crippen LogP contribution in [0.2, 0.25) is 8.67 Å². The minimum atomic E-state index is -0.0834. The smallest absolute Gasteiger partial charge is 0.186 e.